The molecule has 0 bridgehead atoms. The Balaban J connectivity index is 2.91. The molecule has 0 atom stereocenters. The van der Waals surface area contributed by atoms with Crippen molar-refractivity contribution in [2.24, 2.45) is 21.7 Å². The molecule has 0 fully saturated rings. The van der Waals surface area contributed by atoms with Gasteiger partial charge in [-0.15, -0.1) is 5.10 Å². The highest BCUT2D eigenvalue weighted by Gasteiger charge is 1.97. The van der Waals surface area contributed by atoms with Crippen LogP contribution in [-0.2, 0) is 0 Å². The average molecular weight is 257 g/mol. The number of phenols is 1. The van der Waals surface area contributed by atoms with Gasteiger partial charge < -0.3 is 16.6 Å². The lowest BCUT2D eigenvalue weighted by molar-refractivity contribution is 0.474. The molecule has 5 N–H and O–H groups in total. The summed E-state index contributed by atoms with van der Waals surface area (Å²) >= 11 is 3.26. The summed E-state index contributed by atoms with van der Waals surface area (Å²) in [6.45, 7) is 0. The molecule has 0 saturated heterocycles. The minimum Gasteiger partial charge on any atom is -0.507 e. The molecule has 0 aliphatic rings. The Labute approximate surface area is 89.3 Å². The SMILES string of the molecule is NC(N)=N/N=C\c1cc(Br)ccc1O. The molecule has 0 spiro atoms. The van der Waals surface area contributed by atoms with Gasteiger partial charge in [-0.25, -0.2) is 0 Å². The van der Waals surface area contributed by atoms with Gasteiger partial charge in [-0.3, -0.25) is 0 Å². The Kier molecular flexibility index (Phi) is 3.47. The van der Waals surface area contributed by atoms with Crippen molar-refractivity contribution in [2.45, 2.75) is 0 Å². The van der Waals surface area contributed by atoms with Gasteiger partial charge in [-0.2, -0.15) is 5.10 Å². The van der Waals surface area contributed by atoms with E-state index in [0.29, 0.717) is 5.56 Å². The number of phenolic OH excluding ortho intramolecular Hbond substituents is 1. The first kappa shape index (κ1) is 10.5. The van der Waals surface area contributed by atoms with Crippen molar-refractivity contribution in [1.29, 1.82) is 0 Å². The minimum absolute atomic E-state index is 0.114. The zero-order valence-electron chi connectivity index (χ0n) is 7.18. The second-order valence-corrected chi connectivity index (χ2v) is 3.39. The van der Waals surface area contributed by atoms with Gasteiger partial charge in [0.25, 0.3) is 0 Å². The molecule has 0 radical (unpaired) electrons. The molecule has 74 valence electrons. The fourth-order valence-corrected chi connectivity index (χ4v) is 1.17. The van der Waals surface area contributed by atoms with Crippen LogP contribution in [0.4, 0.5) is 0 Å². The first-order valence-electron chi connectivity index (χ1n) is 3.70. The van der Waals surface area contributed by atoms with Crippen molar-refractivity contribution in [3.63, 3.8) is 0 Å². The fourth-order valence-electron chi connectivity index (χ4n) is 0.787. The maximum absolute atomic E-state index is 9.38. The van der Waals surface area contributed by atoms with Crippen LogP contribution in [0.1, 0.15) is 5.56 Å². The number of halogens is 1. The summed E-state index contributed by atoms with van der Waals surface area (Å²) in [5.41, 5.74) is 10.7. The molecule has 5 nitrogen and oxygen atoms in total. The molecule has 0 amide bonds. The summed E-state index contributed by atoms with van der Waals surface area (Å²) in [4.78, 5) is 0. The number of hydrogen-bond donors (Lipinski definition) is 3. The van der Waals surface area contributed by atoms with Gasteiger partial charge >= 0.3 is 0 Å². The topological polar surface area (TPSA) is 97.0 Å². The number of hydrogen-bond acceptors (Lipinski definition) is 3. The lowest BCUT2D eigenvalue weighted by atomic mass is 10.2. The molecule has 0 aliphatic carbocycles. The number of guanidine groups is 1. The second kappa shape index (κ2) is 4.61. The number of rotatable bonds is 2. The van der Waals surface area contributed by atoms with Crippen molar-refractivity contribution in [1.82, 2.24) is 0 Å². The van der Waals surface area contributed by atoms with Crippen molar-refractivity contribution < 1.29 is 5.11 Å². The predicted octanol–water partition coefficient (Wildman–Crippen LogP) is 0.762. The zero-order chi connectivity index (χ0) is 10.6. The number of nitrogens with two attached hydrogens (primary N) is 2. The maximum Gasteiger partial charge on any atom is 0.211 e. The highest BCUT2D eigenvalue weighted by Crippen LogP contribution is 2.19. The van der Waals surface area contributed by atoms with Crippen LogP contribution >= 0.6 is 15.9 Å². The van der Waals surface area contributed by atoms with Gasteiger partial charge in [-0.1, -0.05) is 15.9 Å². The molecule has 1 aromatic carbocycles. The van der Waals surface area contributed by atoms with Crippen molar-refractivity contribution >= 4 is 28.1 Å². The fraction of sp³-hybridized carbons (Fsp3) is 0. The van der Waals surface area contributed by atoms with Crippen LogP contribution in [0.25, 0.3) is 0 Å². The summed E-state index contributed by atoms with van der Waals surface area (Å²) < 4.78 is 0.835. The first-order chi connectivity index (χ1) is 6.59. The second-order valence-electron chi connectivity index (χ2n) is 2.47. The standard InChI is InChI=1S/C8H9BrN4O/c9-6-1-2-7(14)5(3-6)4-12-13-8(10)11/h1-4,14H,(H4,10,11,13)/b12-4-. The monoisotopic (exact) mass is 256 g/mol. The summed E-state index contributed by atoms with van der Waals surface area (Å²) in [6, 6.07) is 4.95. The van der Waals surface area contributed by atoms with Crippen LogP contribution in [0.2, 0.25) is 0 Å². The van der Waals surface area contributed by atoms with E-state index in [1.807, 2.05) is 0 Å². The Morgan fingerprint density at radius 2 is 2.14 bits per heavy atom. The molecule has 1 aromatic rings. The average Bonchev–Trinajstić information content (AvgIpc) is 2.10. The van der Waals surface area contributed by atoms with Crippen LogP contribution < -0.4 is 11.5 Å². The van der Waals surface area contributed by atoms with Crippen molar-refractivity contribution in [3.05, 3.63) is 28.2 Å². The molecular formula is C8H9BrN4O. The third-order valence-electron chi connectivity index (χ3n) is 1.36. The molecule has 14 heavy (non-hydrogen) atoms. The van der Waals surface area contributed by atoms with Gasteiger partial charge in [0, 0.05) is 10.0 Å². The first-order valence-corrected chi connectivity index (χ1v) is 4.49. The van der Waals surface area contributed by atoms with E-state index < -0.39 is 0 Å². The number of nitrogens with zero attached hydrogens (tertiary/aromatic N) is 2. The van der Waals surface area contributed by atoms with Gasteiger partial charge in [0.2, 0.25) is 5.96 Å². The van der Waals surface area contributed by atoms with Gasteiger partial charge in [0.05, 0.1) is 6.21 Å². The lowest BCUT2D eigenvalue weighted by Gasteiger charge is -1.97. The number of benzene rings is 1. The molecule has 0 heterocycles. The highest BCUT2D eigenvalue weighted by molar-refractivity contribution is 9.10. The van der Waals surface area contributed by atoms with Crippen LogP contribution in [0.5, 0.6) is 5.75 Å². The van der Waals surface area contributed by atoms with E-state index in [1.54, 1.807) is 18.2 Å². The van der Waals surface area contributed by atoms with Gasteiger partial charge in [0.15, 0.2) is 0 Å². The van der Waals surface area contributed by atoms with E-state index in [-0.39, 0.29) is 11.7 Å². The van der Waals surface area contributed by atoms with Crippen LogP contribution in [0.3, 0.4) is 0 Å². The van der Waals surface area contributed by atoms with Crippen molar-refractivity contribution in [3.8, 4) is 5.75 Å². The quantitative estimate of drug-likeness (QED) is 0.414. The summed E-state index contributed by atoms with van der Waals surface area (Å²) in [5, 5.41) is 16.4. The van der Waals surface area contributed by atoms with E-state index in [0.717, 1.165) is 4.47 Å². The molecule has 0 aromatic heterocycles. The van der Waals surface area contributed by atoms with Crippen LogP contribution in [-0.4, -0.2) is 17.3 Å². The molecule has 0 saturated carbocycles. The Hall–Kier alpha value is -1.56. The van der Waals surface area contributed by atoms with Crippen LogP contribution in [0, 0.1) is 0 Å². The van der Waals surface area contributed by atoms with E-state index in [1.165, 1.54) is 6.21 Å². The normalized spacial score (nSPS) is 10.4. The number of aromatic hydroxyl groups is 1. The zero-order valence-corrected chi connectivity index (χ0v) is 8.77. The van der Waals surface area contributed by atoms with Crippen molar-refractivity contribution in [2.75, 3.05) is 0 Å². The summed E-state index contributed by atoms with van der Waals surface area (Å²) in [5.74, 6) is -0.0153. The Bertz CT molecular complexity index is 385. The van der Waals surface area contributed by atoms with E-state index >= 15 is 0 Å². The predicted molar refractivity (Wildman–Crippen MR) is 59.2 cm³/mol. The van der Waals surface area contributed by atoms with E-state index in [9.17, 15) is 5.11 Å². The Morgan fingerprint density at radius 3 is 2.79 bits per heavy atom. The molecular weight excluding hydrogens is 248 g/mol. The van der Waals surface area contributed by atoms with E-state index in [2.05, 4.69) is 26.1 Å². The molecule has 6 heteroatoms. The molecule has 0 unspecified atom stereocenters. The van der Waals surface area contributed by atoms with Crippen LogP contribution in [0.15, 0.2) is 32.9 Å². The Morgan fingerprint density at radius 1 is 1.43 bits per heavy atom. The van der Waals surface area contributed by atoms with E-state index in [4.69, 9.17) is 11.5 Å². The summed E-state index contributed by atoms with van der Waals surface area (Å²) in [6.07, 6.45) is 1.36. The third-order valence-corrected chi connectivity index (χ3v) is 1.85. The third kappa shape index (κ3) is 3.06. The summed E-state index contributed by atoms with van der Waals surface area (Å²) in [7, 11) is 0. The minimum atomic E-state index is -0.129. The van der Waals surface area contributed by atoms with Gasteiger partial charge in [0.1, 0.15) is 5.75 Å². The molecule has 1 rings (SSSR count). The highest BCUT2D eigenvalue weighted by atomic mass is 79.9. The smallest absolute Gasteiger partial charge is 0.211 e. The maximum atomic E-state index is 9.38. The lowest BCUT2D eigenvalue weighted by Crippen LogP contribution is -2.21. The largest absolute Gasteiger partial charge is 0.507 e. The van der Waals surface area contributed by atoms with Gasteiger partial charge in [-0.05, 0) is 18.2 Å². The molecule has 0 aliphatic heterocycles.